The third kappa shape index (κ3) is 1.25. The van der Waals surface area contributed by atoms with Crippen LogP contribution in [0, 0.1) is 0 Å². The molecule has 1 heterocycles. The molecule has 1 aromatic heterocycles. The number of carboxylic acid groups (broad SMARTS) is 1. The number of hydrogen-bond donors (Lipinski definition) is 1. The summed E-state index contributed by atoms with van der Waals surface area (Å²) in [7, 11) is 0. The maximum atomic E-state index is 11.2. The highest BCUT2D eigenvalue weighted by Crippen LogP contribution is 2.46. The zero-order valence-electron chi connectivity index (χ0n) is 7.53. The molecule has 0 aromatic carbocycles. The molecule has 1 aliphatic carbocycles. The van der Waals surface area contributed by atoms with Gasteiger partial charge in [-0.15, -0.1) is 0 Å². The normalized spacial score (nSPS) is 18.6. The summed E-state index contributed by atoms with van der Waals surface area (Å²) in [4.78, 5) is 15.2. The van der Waals surface area contributed by atoms with Gasteiger partial charge in [0.25, 0.3) is 0 Å². The van der Waals surface area contributed by atoms with Gasteiger partial charge in [0.05, 0.1) is 5.41 Å². The number of rotatable bonds is 2. The van der Waals surface area contributed by atoms with Crippen LogP contribution in [0.1, 0.15) is 24.8 Å². The fourth-order valence-electron chi connectivity index (χ4n) is 1.86. The molecular weight excluding hydrogens is 246 g/mol. The number of carboxylic acids is 1. The van der Waals surface area contributed by atoms with Crippen LogP contribution in [-0.2, 0) is 10.2 Å². The van der Waals surface area contributed by atoms with E-state index in [-0.39, 0.29) is 0 Å². The lowest BCUT2D eigenvalue weighted by Crippen LogP contribution is -2.42. The van der Waals surface area contributed by atoms with Crippen LogP contribution in [0.25, 0.3) is 0 Å². The van der Waals surface area contributed by atoms with Crippen LogP contribution < -0.4 is 0 Å². The molecule has 1 aliphatic rings. The molecule has 1 saturated carbocycles. The van der Waals surface area contributed by atoms with Gasteiger partial charge in [-0.1, -0.05) is 22.4 Å². The minimum Gasteiger partial charge on any atom is -0.481 e. The standard InChI is InChI=1S/C10H10BrNO2/c11-8-2-5-12-6-7(8)10(9(13)14)3-1-4-10/h2,5-6H,1,3-4H2,(H,13,14). The summed E-state index contributed by atoms with van der Waals surface area (Å²) in [5.74, 6) is -0.738. The molecule has 14 heavy (non-hydrogen) atoms. The molecule has 0 atom stereocenters. The first-order valence-corrected chi connectivity index (χ1v) is 5.29. The van der Waals surface area contributed by atoms with Gasteiger partial charge in [0.15, 0.2) is 0 Å². The second kappa shape index (κ2) is 3.35. The number of aromatic nitrogens is 1. The lowest BCUT2D eigenvalue weighted by Gasteiger charge is -2.38. The number of nitrogens with zero attached hydrogens (tertiary/aromatic N) is 1. The van der Waals surface area contributed by atoms with E-state index in [0.717, 1.165) is 16.5 Å². The Labute approximate surface area is 90.3 Å². The van der Waals surface area contributed by atoms with Crippen LogP contribution in [-0.4, -0.2) is 16.1 Å². The number of hydrogen-bond acceptors (Lipinski definition) is 2. The van der Waals surface area contributed by atoms with Crippen LogP contribution in [0.15, 0.2) is 22.9 Å². The molecule has 74 valence electrons. The predicted molar refractivity (Wildman–Crippen MR) is 55.1 cm³/mol. The molecular formula is C10H10BrNO2. The average molecular weight is 256 g/mol. The van der Waals surface area contributed by atoms with Crippen LogP contribution in [0.3, 0.4) is 0 Å². The van der Waals surface area contributed by atoms with E-state index in [0.29, 0.717) is 12.8 Å². The Hall–Kier alpha value is -0.900. The Bertz CT molecular complexity index is 374. The highest BCUT2D eigenvalue weighted by molar-refractivity contribution is 9.10. The highest BCUT2D eigenvalue weighted by Gasteiger charge is 2.47. The molecule has 0 bridgehead atoms. The molecule has 0 amide bonds. The van der Waals surface area contributed by atoms with Gasteiger partial charge in [0.1, 0.15) is 0 Å². The van der Waals surface area contributed by atoms with E-state index < -0.39 is 11.4 Å². The van der Waals surface area contributed by atoms with Crippen molar-refractivity contribution in [3.05, 3.63) is 28.5 Å². The first-order chi connectivity index (χ1) is 6.67. The number of pyridine rings is 1. The molecule has 1 N–H and O–H groups in total. The highest BCUT2D eigenvalue weighted by atomic mass is 79.9. The van der Waals surface area contributed by atoms with Gasteiger partial charge in [-0.25, -0.2) is 0 Å². The Morgan fingerprint density at radius 2 is 2.29 bits per heavy atom. The average Bonchev–Trinajstić information content (AvgIpc) is 2.05. The zero-order valence-corrected chi connectivity index (χ0v) is 9.12. The van der Waals surface area contributed by atoms with Crippen LogP contribution in [0.4, 0.5) is 0 Å². The summed E-state index contributed by atoms with van der Waals surface area (Å²) in [6.45, 7) is 0. The van der Waals surface area contributed by atoms with Gasteiger partial charge in [-0.2, -0.15) is 0 Å². The molecule has 4 heteroatoms. The van der Waals surface area contributed by atoms with E-state index in [1.54, 1.807) is 18.5 Å². The van der Waals surface area contributed by atoms with E-state index in [4.69, 9.17) is 0 Å². The maximum absolute atomic E-state index is 11.2. The fourth-order valence-corrected chi connectivity index (χ4v) is 2.46. The van der Waals surface area contributed by atoms with Crippen LogP contribution >= 0.6 is 15.9 Å². The van der Waals surface area contributed by atoms with Crippen molar-refractivity contribution in [2.24, 2.45) is 0 Å². The van der Waals surface area contributed by atoms with Crippen LogP contribution in [0.2, 0.25) is 0 Å². The summed E-state index contributed by atoms with van der Waals surface area (Å²) in [5, 5.41) is 9.21. The minimum absolute atomic E-state index is 0.687. The topological polar surface area (TPSA) is 50.2 Å². The number of carbonyl (C=O) groups is 1. The van der Waals surface area contributed by atoms with E-state index in [1.165, 1.54) is 0 Å². The summed E-state index contributed by atoms with van der Waals surface area (Å²) < 4.78 is 0.842. The van der Waals surface area contributed by atoms with Crippen molar-refractivity contribution in [3.8, 4) is 0 Å². The quantitative estimate of drug-likeness (QED) is 0.883. The SMILES string of the molecule is O=C(O)C1(c2cnccc2Br)CCC1. The number of aliphatic carboxylic acids is 1. The van der Waals surface area contributed by atoms with Crippen molar-refractivity contribution in [3.63, 3.8) is 0 Å². The molecule has 0 radical (unpaired) electrons. The minimum atomic E-state index is -0.738. The Kier molecular flexibility index (Phi) is 2.31. The Morgan fingerprint density at radius 1 is 1.57 bits per heavy atom. The maximum Gasteiger partial charge on any atom is 0.314 e. The van der Waals surface area contributed by atoms with E-state index in [2.05, 4.69) is 20.9 Å². The molecule has 0 unspecified atom stereocenters. The van der Waals surface area contributed by atoms with Gasteiger partial charge in [0.2, 0.25) is 0 Å². The molecule has 0 saturated heterocycles. The van der Waals surface area contributed by atoms with Crippen molar-refractivity contribution in [1.82, 2.24) is 4.98 Å². The summed E-state index contributed by atoms with van der Waals surface area (Å²) in [6, 6.07) is 1.79. The zero-order chi connectivity index (χ0) is 10.2. The first-order valence-electron chi connectivity index (χ1n) is 4.50. The Balaban J connectivity index is 2.47. The predicted octanol–water partition coefficient (Wildman–Crippen LogP) is 2.35. The molecule has 2 rings (SSSR count). The Morgan fingerprint density at radius 3 is 2.71 bits per heavy atom. The molecule has 1 fully saturated rings. The van der Waals surface area contributed by atoms with Gasteiger partial charge in [0, 0.05) is 22.4 Å². The van der Waals surface area contributed by atoms with E-state index in [9.17, 15) is 9.90 Å². The third-order valence-corrected chi connectivity index (χ3v) is 3.59. The van der Waals surface area contributed by atoms with Crippen molar-refractivity contribution in [2.75, 3.05) is 0 Å². The van der Waals surface area contributed by atoms with Gasteiger partial charge >= 0.3 is 5.97 Å². The second-order valence-corrected chi connectivity index (χ2v) is 4.45. The summed E-state index contributed by atoms with van der Waals surface area (Å²) in [6.07, 6.45) is 5.71. The monoisotopic (exact) mass is 255 g/mol. The summed E-state index contributed by atoms with van der Waals surface area (Å²) >= 11 is 3.37. The third-order valence-electron chi connectivity index (χ3n) is 2.90. The van der Waals surface area contributed by atoms with Crippen molar-refractivity contribution >= 4 is 21.9 Å². The van der Waals surface area contributed by atoms with E-state index >= 15 is 0 Å². The largest absolute Gasteiger partial charge is 0.481 e. The fraction of sp³-hybridized carbons (Fsp3) is 0.400. The smallest absolute Gasteiger partial charge is 0.314 e. The van der Waals surface area contributed by atoms with Gasteiger partial charge < -0.3 is 5.11 Å². The lowest BCUT2D eigenvalue weighted by molar-refractivity contribution is -0.147. The lowest BCUT2D eigenvalue weighted by atomic mass is 9.65. The van der Waals surface area contributed by atoms with Crippen molar-refractivity contribution in [2.45, 2.75) is 24.7 Å². The first kappa shape index (κ1) is 9.65. The van der Waals surface area contributed by atoms with Crippen LogP contribution in [0.5, 0.6) is 0 Å². The van der Waals surface area contributed by atoms with Gasteiger partial charge in [-0.3, -0.25) is 9.78 Å². The molecule has 3 nitrogen and oxygen atoms in total. The molecule has 1 aromatic rings. The van der Waals surface area contributed by atoms with Crippen molar-refractivity contribution in [1.29, 1.82) is 0 Å². The second-order valence-electron chi connectivity index (χ2n) is 3.60. The van der Waals surface area contributed by atoms with E-state index in [1.807, 2.05) is 0 Å². The van der Waals surface area contributed by atoms with Gasteiger partial charge in [-0.05, 0) is 18.9 Å². The number of halogens is 1. The van der Waals surface area contributed by atoms with Crippen molar-refractivity contribution < 1.29 is 9.90 Å². The summed E-state index contributed by atoms with van der Waals surface area (Å²) in [5.41, 5.74) is 0.117. The molecule has 0 spiro atoms. The molecule has 0 aliphatic heterocycles.